The summed E-state index contributed by atoms with van der Waals surface area (Å²) in [6.07, 6.45) is 12.1. The van der Waals surface area contributed by atoms with Crippen molar-refractivity contribution in [3.8, 4) is 0 Å². The number of aliphatic carboxylic acids is 1. The molecule has 0 radical (unpaired) electrons. The third kappa shape index (κ3) is 5.76. The first kappa shape index (κ1) is 16.7. The van der Waals surface area contributed by atoms with Gasteiger partial charge in [-0.05, 0) is 25.7 Å². The largest absolute Gasteiger partial charge is 0.480 e. The van der Waals surface area contributed by atoms with Gasteiger partial charge < -0.3 is 10.0 Å². The summed E-state index contributed by atoms with van der Waals surface area (Å²) in [6.45, 7) is 4.31. The highest BCUT2D eigenvalue weighted by Gasteiger charge is 2.35. The smallest absolute Gasteiger partial charge is 0.326 e. The summed E-state index contributed by atoms with van der Waals surface area (Å²) in [7, 11) is 0. The molecule has 1 N–H and O–H groups in total. The Kier molecular flexibility index (Phi) is 8.00. The Bertz CT molecular complexity index is 328. The average Bonchev–Trinajstić information content (AvgIpc) is 2.78. The van der Waals surface area contributed by atoms with Crippen LogP contribution in [0.25, 0.3) is 0 Å². The van der Waals surface area contributed by atoms with E-state index in [4.69, 9.17) is 5.11 Å². The van der Waals surface area contributed by atoms with E-state index in [1.807, 2.05) is 6.08 Å². The van der Waals surface area contributed by atoms with Crippen LogP contribution in [0.5, 0.6) is 0 Å². The molecule has 1 aliphatic rings. The van der Waals surface area contributed by atoms with Gasteiger partial charge in [0.15, 0.2) is 0 Å². The molecule has 0 spiro atoms. The molecule has 1 heterocycles. The lowest BCUT2D eigenvalue weighted by atomic mass is 10.1. The van der Waals surface area contributed by atoms with Crippen molar-refractivity contribution in [3.63, 3.8) is 0 Å². The van der Waals surface area contributed by atoms with E-state index in [0.29, 0.717) is 19.4 Å². The molecule has 1 unspecified atom stereocenters. The van der Waals surface area contributed by atoms with Gasteiger partial charge in [-0.3, -0.25) is 4.79 Å². The van der Waals surface area contributed by atoms with E-state index in [0.717, 1.165) is 19.3 Å². The average molecular weight is 281 g/mol. The zero-order chi connectivity index (χ0) is 14.8. The first-order valence-corrected chi connectivity index (χ1v) is 7.80. The highest BCUT2D eigenvalue weighted by atomic mass is 16.4. The maximum atomic E-state index is 11.6. The minimum Gasteiger partial charge on any atom is -0.480 e. The lowest BCUT2D eigenvalue weighted by Gasteiger charge is -2.21. The topological polar surface area (TPSA) is 57.6 Å². The van der Waals surface area contributed by atoms with E-state index >= 15 is 0 Å². The molecule has 1 fully saturated rings. The van der Waals surface area contributed by atoms with Gasteiger partial charge in [0.25, 0.3) is 0 Å². The van der Waals surface area contributed by atoms with Crippen molar-refractivity contribution < 1.29 is 14.7 Å². The third-order valence-corrected chi connectivity index (χ3v) is 3.92. The molecule has 0 aromatic heterocycles. The van der Waals surface area contributed by atoms with Crippen LogP contribution in [-0.2, 0) is 9.59 Å². The predicted molar refractivity (Wildman–Crippen MR) is 79.5 cm³/mol. The molecule has 1 aliphatic heterocycles. The molecule has 0 saturated carbocycles. The van der Waals surface area contributed by atoms with E-state index in [1.54, 1.807) is 4.90 Å². The number of unbranched alkanes of at least 4 members (excludes halogenated alkanes) is 7. The second-order valence-electron chi connectivity index (χ2n) is 5.53. The van der Waals surface area contributed by atoms with E-state index in [-0.39, 0.29) is 5.91 Å². The van der Waals surface area contributed by atoms with Gasteiger partial charge in [0.1, 0.15) is 6.04 Å². The first-order valence-electron chi connectivity index (χ1n) is 7.80. The maximum absolute atomic E-state index is 11.6. The molecule has 20 heavy (non-hydrogen) atoms. The van der Waals surface area contributed by atoms with Crippen LogP contribution in [0.2, 0.25) is 0 Å². The van der Waals surface area contributed by atoms with Crippen molar-refractivity contribution in [2.24, 2.45) is 0 Å². The number of rotatable bonds is 11. The zero-order valence-corrected chi connectivity index (χ0v) is 12.4. The maximum Gasteiger partial charge on any atom is 0.326 e. The Morgan fingerprint density at radius 1 is 1.20 bits per heavy atom. The van der Waals surface area contributed by atoms with Crippen LogP contribution in [0, 0.1) is 0 Å². The number of hydrogen-bond acceptors (Lipinski definition) is 2. The van der Waals surface area contributed by atoms with Crippen molar-refractivity contribution in [2.45, 2.75) is 70.3 Å². The van der Waals surface area contributed by atoms with Crippen molar-refractivity contribution in [1.82, 2.24) is 4.90 Å². The Labute approximate surface area is 121 Å². The van der Waals surface area contributed by atoms with E-state index in [2.05, 4.69) is 6.58 Å². The van der Waals surface area contributed by atoms with Crippen molar-refractivity contribution >= 4 is 11.9 Å². The highest BCUT2D eigenvalue weighted by Crippen LogP contribution is 2.20. The lowest BCUT2D eigenvalue weighted by Crippen LogP contribution is -2.39. The number of carbonyl (C=O) groups excluding carboxylic acids is 1. The molecule has 4 heteroatoms. The van der Waals surface area contributed by atoms with Gasteiger partial charge in [-0.15, -0.1) is 6.58 Å². The number of carboxylic acid groups (broad SMARTS) is 1. The van der Waals surface area contributed by atoms with Gasteiger partial charge in [0, 0.05) is 13.0 Å². The number of allylic oxidation sites excluding steroid dienone is 1. The molecule has 1 saturated heterocycles. The van der Waals surface area contributed by atoms with Crippen LogP contribution in [0.15, 0.2) is 12.7 Å². The second kappa shape index (κ2) is 9.56. The Morgan fingerprint density at radius 3 is 2.40 bits per heavy atom. The number of carboxylic acids is 1. The van der Waals surface area contributed by atoms with Crippen LogP contribution >= 0.6 is 0 Å². The normalized spacial score (nSPS) is 18.5. The fourth-order valence-electron chi connectivity index (χ4n) is 2.73. The molecule has 0 aliphatic carbocycles. The Balaban J connectivity index is 2.04. The number of nitrogens with zero attached hydrogens (tertiary/aromatic N) is 1. The van der Waals surface area contributed by atoms with Crippen molar-refractivity contribution in [3.05, 3.63) is 12.7 Å². The molecule has 0 aromatic rings. The van der Waals surface area contributed by atoms with Crippen molar-refractivity contribution in [1.29, 1.82) is 0 Å². The SMILES string of the molecule is C=CCCCCCCCCCN1C(=O)CCC1C(=O)O. The monoisotopic (exact) mass is 281 g/mol. The van der Waals surface area contributed by atoms with Crippen LogP contribution < -0.4 is 0 Å². The fraction of sp³-hybridized carbons (Fsp3) is 0.750. The molecule has 1 amide bonds. The number of likely N-dealkylation sites (tertiary alicyclic amines) is 1. The lowest BCUT2D eigenvalue weighted by molar-refractivity contribution is -0.146. The van der Waals surface area contributed by atoms with Gasteiger partial charge in [-0.2, -0.15) is 0 Å². The zero-order valence-electron chi connectivity index (χ0n) is 12.4. The summed E-state index contributed by atoms with van der Waals surface area (Å²) in [5.74, 6) is -0.861. The van der Waals surface area contributed by atoms with Crippen LogP contribution in [-0.4, -0.2) is 34.5 Å². The number of hydrogen-bond donors (Lipinski definition) is 1. The highest BCUT2D eigenvalue weighted by molar-refractivity contribution is 5.87. The van der Waals surface area contributed by atoms with Gasteiger partial charge in [0.2, 0.25) is 5.91 Å². The van der Waals surface area contributed by atoms with Crippen LogP contribution in [0.4, 0.5) is 0 Å². The summed E-state index contributed by atoms with van der Waals surface area (Å²) >= 11 is 0. The van der Waals surface area contributed by atoms with Gasteiger partial charge >= 0.3 is 5.97 Å². The molecule has 0 bridgehead atoms. The van der Waals surface area contributed by atoms with E-state index in [9.17, 15) is 9.59 Å². The summed E-state index contributed by atoms with van der Waals surface area (Å²) in [6, 6.07) is -0.582. The van der Waals surface area contributed by atoms with Gasteiger partial charge in [0.05, 0.1) is 0 Å². The minimum absolute atomic E-state index is 0.00169. The second-order valence-corrected chi connectivity index (χ2v) is 5.53. The Morgan fingerprint density at radius 2 is 1.80 bits per heavy atom. The first-order chi connectivity index (χ1) is 9.66. The molecular formula is C16H27NO3. The van der Waals surface area contributed by atoms with Crippen LogP contribution in [0.3, 0.4) is 0 Å². The van der Waals surface area contributed by atoms with Crippen molar-refractivity contribution in [2.75, 3.05) is 6.54 Å². The molecule has 1 rings (SSSR count). The molecule has 114 valence electrons. The van der Waals surface area contributed by atoms with Gasteiger partial charge in [-0.25, -0.2) is 4.79 Å². The molecule has 0 aromatic carbocycles. The predicted octanol–water partition coefficient (Wildman–Crippen LogP) is 3.37. The quantitative estimate of drug-likeness (QED) is 0.466. The standard InChI is InChI=1S/C16H27NO3/c1-2-3-4-5-6-7-8-9-10-13-17-14(16(19)20)11-12-15(17)18/h2,14H,1,3-13H2,(H,19,20). The minimum atomic E-state index is -0.863. The summed E-state index contributed by atoms with van der Waals surface area (Å²) in [5.41, 5.74) is 0. The summed E-state index contributed by atoms with van der Waals surface area (Å²) in [4.78, 5) is 24.2. The third-order valence-electron chi connectivity index (χ3n) is 3.92. The van der Waals surface area contributed by atoms with E-state index < -0.39 is 12.0 Å². The Hall–Kier alpha value is -1.32. The van der Waals surface area contributed by atoms with Gasteiger partial charge in [-0.1, -0.05) is 38.2 Å². The number of carbonyl (C=O) groups is 2. The fourth-order valence-corrected chi connectivity index (χ4v) is 2.73. The van der Waals surface area contributed by atoms with Crippen LogP contribution in [0.1, 0.15) is 64.2 Å². The summed E-state index contributed by atoms with van der Waals surface area (Å²) in [5, 5.41) is 9.04. The number of amides is 1. The summed E-state index contributed by atoms with van der Waals surface area (Å²) < 4.78 is 0. The molecule has 4 nitrogen and oxygen atoms in total. The molecular weight excluding hydrogens is 254 g/mol. The van der Waals surface area contributed by atoms with E-state index in [1.165, 1.54) is 32.1 Å². The molecule has 1 atom stereocenters.